The van der Waals surface area contributed by atoms with Crippen LogP contribution in [0.2, 0.25) is 0 Å². The monoisotopic (exact) mass is 190 g/mol. The molecule has 72 valence electrons. The van der Waals surface area contributed by atoms with Crippen molar-refractivity contribution in [2.24, 2.45) is 0 Å². The molecule has 1 heterocycles. The molecule has 0 radical (unpaired) electrons. The average molecular weight is 190 g/mol. The normalized spacial score (nSPS) is 10.4. The maximum absolute atomic E-state index is 11.2. The second-order valence-corrected chi connectivity index (χ2v) is 2.91. The van der Waals surface area contributed by atoms with E-state index in [1.807, 2.05) is 0 Å². The quantitative estimate of drug-likeness (QED) is 0.644. The molecular weight excluding hydrogens is 182 g/mol. The number of fused-ring (bicyclic) bond motifs is 1. The Morgan fingerprint density at radius 2 is 2.21 bits per heavy atom. The van der Waals surface area contributed by atoms with Crippen molar-refractivity contribution >= 4 is 16.9 Å². The largest absolute Gasteiger partial charge is 0.806 e. The molecule has 14 heavy (non-hydrogen) atoms. The first kappa shape index (κ1) is 8.62. The number of rotatable bonds is 1. The van der Waals surface area contributed by atoms with E-state index in [-0.39, 0.29) is 0 Å². The summed E-state index contributed by atoms with van der Waals surface area (Å²) in [6.45, 7) is 0. The highest BCUT2D eigenvalue weighted by atomic mass is 16.5. The Kier molecular flexibility index (Phi) is 1.89. The second-order valence-electron chi connectivity index (χ2n) is 2.91. The molecule has 1 aromatic heterocycles. The number of hydrogen-bond acceptors (Lipinski definition) is 3. The van der Waals surface area contributed by atoms with Crippen LogP contribution in [0.25, 0.3) is 10.9 Å². The van der Waals surface area contributed by atoms with E-state index >= 15 is 0 Å². The predicted octanol–water partition coefficient (Wildman–Crippen LogP) is 1.77. The first-order chi connectivity index (χ1) is 6.72. The summed E-state index contributed by atoms with van der Waals surface area (Å²) in [7, 11) is 1.31. The smallest absolute Gasteiger partial charge is 0.337 e. The molecule has 4 heteroatoms. The topological polar surface area (TPSA) is 54.3 Å². The lowest BCUT2D eigenvalue weighted by Gasteiger charge is -2.08. The highest BCUT2D eigenvalue weighted by Crippen LogP contribution is 2.17. The molecule has 0 N–H and O–H groups in total. The molecule has 0 unspecified atom stereocenters. The van der Waals surface area contributed by atoms with E-state index in [1.54, 1.807) is 18.2 Å². The van der Waals surface area contributed by atoms with Gasteiger partial charge in [-0.2, -0.15) is 0 Å². The lowest BCUT2D eigenvalue weighted by atomic mass is 10.2. The molecule has 0 bridgehead atoms. The lowest BCUT2D eigenvalue weighted by molar-refractivity contribution is 0.0601. The molecule has 0 aliphatic carbocycles. The van der Waals surface area contributed by atoms with E-state index in [0.717, 1.165) is 10.1 Å². The number of methoxy groups -OCH3 is 1. The van der Waals surface area contributed by atoms with Crippen molar-refractivity contribution < 1.29 is 9.53 Å². The fourth-order valence-corrected chi connectivity index (χ4v) is 1.35. The van der Waals surface area contributed by atoms with Gasteiger partial charge >= 0.3 is 5.97 Å². The number of carbonyl (C=O) groups excluding carboxylic acids is 1. The Balaban J connectivity index is 2.60. The molecule has 0 saturated carbocycles. The van der Waals surface area contributed by atoms with Crippen LogP contribution in [0.15, 0.2) is 30.5 Å². The van der Waals surface area contributed by atoms with Gasteiger partial charge in [-0.1, -0.05) is 6.07 Å². The van der Waals surface area contributed by atoms with E-state index in [2.05, 4.69) is 4.74 Å². The molecule has 1 aromatic carbocycles. The van der Waals surface area contributed by atoms with Crippen LogP contribution in [0.3, 0.4) is 0 Å². The minimum atomic E-state index is -0.437. The van der Waals surface area contributed by atoms with Crippen molar-refractivity contribution in [2.45, 2.75) is 0 Å². The van der Waals surface area contributed by atoms with Crippen molar-refractivity contribution in [1.29, 1.82) is 0 Å². The summed E-state index contributed by atoms with van der Waals surface area (Å²) in [4.78, 5) is 11.2. The molecular formula is C10H8NO3-. The number of ether oxygens (including phenoxy) is 1. The molecule has 0 aliphatic rings. The standard InChI is InChI=1S/C10H8NO3/c1-14-10(12)8-3-2-7-4-5-11(13)9(7)6-8/h2-6H,1H3/q-1. The molecule has 0 spiro atoms. The Morgan fingerprint density at radius 3 is 2.93 bits per heavy atom. The van der Waals surface area contributed by atoms with Crippen LogP contribution in [0.5, 0.6) is 0 Å². The average Bonchev–Trinajstić information content (AvgIpc) is 2.59. The Morgan fingerprint density at radius 1 is 1.43 bits per heavy atom. The maximum atomic E-state index is 11.2. The third-order valence-electron chi connectivity index (χ3n) is 2.08. The van der Waals surface area contributed by atoms with E-state index in [0.29, 0.717) is 11.1 Å². The lowest BCUT2D eigenvalue weighted by Crippen LogP contribution is -2.00. The van der Waals surface area contributed by atoms with Crippen molar-refractivity contribution in [3.63, 3.8) is 0 Å². The van der Waals surface area contributed by atoms with Gasteiger partial charge in [0.1, 0.15) is 0 Å². The van der Waals surface area contributed by atoms with Crippen LogP contribution < -0.4 is 0 Å². The van der Waals surface area contributed by atoms with Gasteiger partial charge in [0.05, 0.1) is 12.7 Å². The zero-order valence-corrected chi connectivity index (χ0v) is 7.56. The van der Waals surface area contributed by atoms with Gasteiger partial charge in [0.2, 0.25) is 0 Å². The second kappa shape index (κ2) is 3.06. The molecule has 0 fully saturated rings. The zero-order chi connectivity index (χ0) is 10.1. The van der Waals surface area contributed by atoms with Crippen LogP contribution in [0.1, 0.15) is 10.4 Å². The SMILES string of the molecule is COC(=O)c1ccc2ccn([O-])c2c1. The minimum absolute atomic E-state index is 0.385. The van der Waals surface area contributed by atoms with Crippen molar-refractivity contribution in [1.82, 2.24) is 4.73 Å². The van der Waals surface area contributed by atoms with Gasteiger partial charge in [-0.05, 0) is 29.8 Å². The molecule has 0 aliphatic heterocycles. The van der Waals surface area contributed by atoms with E-state index in [1.165, 1.54) is 19.4 Å². The first-order valence-corrected chi connectivity index (χ1v) is 4.09. The van der Waals surface area contributed by atoms with Crippen molar-refractivity contribution in [3.8, 4) is 0 Å². The van der Waals surface area contributed by atoms with Crippen LogP contribution >= 0.6 is 0 Å². The Labute approximate surface area is 80.3 Å². The molecule has 0 amide bonds. The molecule has 0 atom stereocenters. The first-order valence-electron chi connectivity index (χ1n) is 4.09. The highest BCUT2D eigenvalue weighted by molar-refractivity contribution is 5.94. The van der Waals surface area contributed by atoms with Gasteiger partial charge in [0.25, 0.3) is 0 Å². The minimum Gasteiger partial charge on any atom is -0.806 e. The van der Waals surface area contributed by atoms with Crippen molar-refractivity contribution in [2.75, 3.05) is 7.11 Å². The molecule has 2 aromatic rings. The molecule has 2 rings (SSSR count). The van der Waals surface area contributed by atoms with Gasteiger partial charge in [0, 0.05) is 5.52 Å². The third kappa shape index (κ3) is 1.21. The number of nitrogens with zero attached hydrogens (tertiary/aromatic N) is 1. The zero-order valence-electron chi connectivity index (χ0n) is 7.56. The van der Waals surface area contributed by atoms with E-state index in [4.69, 9.17) is 0 Å². The van der Waals surface area contributed by atoms with E-state index < -0.39 is 5.97 Å². The summed E-state index contributed by atoms with van der Waals surface area (Å²) >= 11 is 0. The predicted molar refractivity (Wildman–Crippen MR) is 52.0 cm³/mol. The Hall–Kier alpha value is -1.97. The fraction of sp³-hybridized carbons (Fsp3) is 0.100. The number of benzene rings is 1. The van der Waals surface area contributed by atoms with Gasteiger partial charge in [-0.25, -0.2) is 4.79 Å². The summed E-state index contributed by atoms with van der Waals surface area (Å²) < 4.78 is 5.28. The van der Waals surface area contributed by atoms with Crippen molar-refractivity contribution in [3.05, 3.63) is 41.2 Å². The van der Waals surface area contributed by atoms with Gasteiger partial charge in [0.15, 0.2) is 0 Å². The Bertz CT molecular complexity index is 487. The summed E-state index contributed by atoms with van der Waals surface area (Å²) in [6, 6.07) is 6.57. The summed E-state index contributed by atoms with van der Waals surface area (Å²) in [5, 5.41) is 12.0. The number of esters is 1. The van der Waals surface area contributed by atoms with Crippen LogP contribution in [0.4, 0.5) is 0 Å². The van der Waals surface area contributed by atoms with Gasteiger partial charge < -0.3 is 14.7 Å². The highest BCUT2D eigenvalue weighted by Gasteiger charge is 2.06. The number of hydrogen-bond donors (Lipinski definition) is 0. The maximum Gasteiger partial charge on any atom is 0.337 e. The third-order valence-corrected chi connectivity index (χ3v) is 2.08. The number of carbonyl (C=O) groups is 1. The summed E-state index contributed by atoms with van der Waals surface area (Å²) in [5.74, 6) is -0.437. The van der Waals surface area contributed by atoms with Gasteiger partial charge in [-0.15, -0.1) is 0 Å². The van der Waals surface area contributed by atoms with Crippen LogP contribution in [-0.2, 0) is 4.74 Å². The van der Waals surface area contributed by atoms with Crippen LogP contribution in [0, 0.1) is 5.21 Å². The summed E-state index contributed by atoms with van der Waals surface area (Å²) in [5.41, 5.74) is 0.865. The summed E-state index contributed by atoms with van der Waals surface area (Å²) in [6.07, 6.45) is 1.41. The fourth-order valence-electron chi connectivity index (χ4n) is 1.35. The van der Waals surface area contributed by atoms with Crippen LogP contribution in [-0.4, -0.2) is 17.8 Å². The molecule has 4 nitrogen and oxygen atoms in total. The van der Waals surface area contributed by atoms with Gasteiger partial charge in [-0.3, -0.25) is 0 Å². The number of aromatic nitrogens is 1. The molecule has 0 saturated heterocycles. The van der Waals surface area contributed by atoms with E-state index in [9.17, 15) is 10.0 Å².